The van der Waals surface area contributed by atoms with E-state index < -0.39 is 5.60 Å². The minimum Gasteiger partial charge on any atom is -0.384 e. The molecule has 2 aliphatic carbocycles. The Kier molecular flexibility index (Phi) is 5.50. The van der Waals surface area contributed by atoms with Crippen molar-refractivity contribution >= 4 is 22.7 Å². The van der Waals surface area contributed by atoms with E-state index in [9.17, 15) is 9.90 Å². The molecule has 39 heavy (non-hydrogen) atoms. The van der Waals surface area contributed by atoms with Crippen molar-refractivity contribution in [3.8, 4) is 5.82 Å². The van der Waals surface area contributed by atoms with Gasteiger partial charge in [-0.1, -0.05) is 12.1 Å². The lowest BCUT2D eigenvalue weighted by molar-refractivity contribution is 0.0553. The van der Waals surface area contributed by atoms with E-state index in [-0.39, 0.29) is 12.1 Å². The molecular formula is C30H33N7O2. The van der Waals surface area contributed by atoms with E-state index in [0.717, 1.165) is 37.2 Å². The summed E-state index contributed by atoms with van der Waals surface area (Å²) in [5.74, 6) is 1.60. The number of rotatable bonds is 6. The van der Waals surface area contributed by atoms with Crippen molar-refractivity contribution in [2.45, 2.75) is 63.6 Å². The number of fused-ring (bicyclic) bond motifs is 3. The molecular weight excluding hydrogens is 490 g/mol. The molecule has 1 atom stereocenters. The van der Waals surface area contributed by atoms with Crippen LogP contribution in [0, 0.1) is 0 Å². The Balaban J connectivity index is 1.34. The van der Waals surface area contributed by atoms with Gasteiger partial charge in [0, 0.05) is 25.0 Å². The van der Waals surface area contributed by atoms with Crippen LogP contribution in [0.15, 0.2) is 47.9 Å². The SMILES string of the molecule is C=CCn1c(=O)c2cnc(Nc3cc4c(c(C5CC5)c3)CCN(C)C4)nc2n1-c1ccc2c(n1)[C@@](C)(O)CC2. The molecule has 9 nitrogen and oxygen atoms in total. The van der Waals surface area contributed by atoms with Gasteiger partial charge in [0.2, 0.25) is 5.95 Å². The highest BCUT2D eigenvalue weighted by atomic mass is 16.3. The minimum atomic E-state index is -1.00. The maximum Gasteiger partial charge on any atom is 0.278 e. The third-order valence-electron chi connectivity index (χ3n) is 8.38. The molecule has 3 aromatic heterocycles. The minimum absolute atomic E-state index is 0.210. The van der Waals surface area contributed by atoms with E-state index in [1.165, 1.54) is 29.5 Å². The summed E-state index contributed by atoms with van der Waals surface area (Å²) in [7, 11) is 2.16. The molecule has 7 rings (SSSR count). The number of likely N-dealkylation sites (N-methyl/N-ethyl adjacent to an activating group) is 1. The molecule has 0 radical (unpaired) electrons. The van der Waals surface area contributed by atoms with Gasteiger partial charge in [0.1, 0.15) is 11.0 Å². The Morgan fingerprint density at radius 1 is 1.21 bits per heavy atom. The predicted molar refractivity (Wildman–Crippen MR) is 151 cm³/mol. The summed E-state index contributed by atoms with van der Waals surface area (Å²) >= 11 is 0. The average Bonchev–Trinajstić information content (AvgIpc) is 3.67. The fourth-order valence-corrected chi connectivity index (χ4v) is 6.20. The molecule has 4 heterocycles. The topological polar surface area (TPSA) is 101 Å². The van der Waals surface area contributed by atoms with Gasteiger partial charge in [-0.2, -0.15) is 4.98 Å². The lowest BCUT2D eigenvalue weighted by Crippen LogP contribution is -2.27. The number of hydrogen-bond donors (Lipinski definition) is 2. The van der Waals surface area contributed by atoms with Crippen LogP contribution < -0.4 is 10.9 Å². The molecule has 3 aliphatic rings. The van der Waals surface area contributed by atoms with Crippen molar-refractivity contribution in [1.29, 1.82) is 0 Å². The Hall–Kier alpha value is -3.82. The number of nitrogens with one attached hydrogen (secondary N) is 1. The molecule has 1 aliphatic heterocycles. The van der Waals surface area contributed by atoms with Crippen LogP contribution in [0.1, 0.15) is 60.1 Å². The van der Waals surface area contributed by atoms with Crippen LogP contribution in [0.25, 0.3) is 16.9 Å². The summed E-state index contributed by atoms with van der Waals surface area (Å²) in [6, 6.07) is 8.34. The summed E-state index contributed by atoms with van der Waals surface area (Å²) in [6.45, 7) is 7.94. The molecule has 0 saturated heterocycles. The van der Waals surface area contributed by atoms with Crippen LogP contribution in [0.4, 0.5) is 11.6 Å². The van der Waals surface area contributed by atoms with Crippen LogP contribution in [0.5, 0.6) is 0 Å². The zero-order chi connectivity index (χ0) is 26.9. The molecule has 2 N–H and O–H groups in total. The fraction of sp³-hybridized carbons (Fsp3) is 0.400. The number of aliphatic hydroxyl groups is 1. The van der Waals surface area contributed by atoms with Crippen molar-refractivity contribution in [3.05, 3.63) is 81.4 Å². The first-order chi connectivity index (χ1) is 18.8. The second kappa shape index (κ2) is 8.86. The summed E-state index contributed by atoms with van der Waals surface area (Å²) < 4.78 is 3.28. The Morgan fingerprint density at radius 3 is 2.85 bits per heavy atom. The van der Waals surface area contributed by atoms with Crippen molar-refractivity contribution in [2.75, 3.05) is 18.9 Å². The third kappa shape index (κ3) is 4.08. The first-order valence-electron chi connectivity index (χ1n) is 13.8. The lowest BCUT2D eigenvalue weighted by atomic mass is 9.91. The summed E-state index contributed by atoms with van der Waals surface area (Å²) in [6.07, 6.45) is 8.24. The molecule has 0 amide bonds. The fourth-order valence-electron chi connectivity index (χ4n) is 6.20. The van der Waals surface area contributed by atoms with Crippen molar-refractivity contribution in [1.82, 2.24) is 29.2 Å². The highest BCUT2D eigenvalue weighted by molar-refractivity contribution is 5.77. The molecule has 1 fully saturated rings. The first-order valence-corrected chi connectivity index (χ1v) is 13.8. The van der Waals surface area contributed by atoms with Crippen LogP contribution in [0.2, 0.25) is 0 Å². The number of allylic oxidation sites excluding steroid dienone is 1. The van der Waals surface area contributed by atoms with Crippen molar-refractivity contribution in [3.63, 3.8) is 0 Å². The van der Waals surface area contributed by atoms with Crippen LogP contribution in [0.3, 0.4) is 0 Å². The Bertz CT molecular complexity index is 1700. The van der Waals surface area contributed by atoms with Gasteiger partial charge in [0.05, 0.1) is 12.2 Å². The predicted octanol–water partition coefficient (Wildman–Crippen LogP) is 3.93. The Labute approximate surface area is 226 Å². The van der Waals surface area contributed by atoms with Crippen LogP contribution >= 0.6 is 0 Å². The molecule has 0 spiro atoms. The number of nitrogens with zero attached hydrogens (tertiary/aromatic N) is 6. The summed E-state index contributed by atoms with van der Waals surface area (Å²) in [4.78, 5) is 29.9. The number of anilines is 2. The number of aromatic nitrogens is 5. The standard InChI is InChI=1S/C30H33N7O2/c1-4-12-36-28(38)24-16-31-29(32-21-14-20-17-35(3)13-10-22(20)23(15-21)18-5-6-18)34-27(24)37(36)25-8-7-19-9-11-30(2,39)26(19)33-25/h4,7-8,14-16,18,39H,1,5-6,9-13,17H2,2-3H3,(H,31,32,34)/t30-/m0/s1. The Morgan fingerprint density at radius 2 is 2.05 bits per heavy atom. The summed E-state index contributed by atoms with van der Waals surface area (Å²) in [5.41, 5.74) is 6.22. The van der Waals surface area contributed by atoms with Crippen molar-refractivity contribution < 1.29 is 5.11 Å². The number of hydrogen-bond acceptors (Lipinski definition) is 7. The van der Waals surface area contributed by atoms with E-state index in [0.29, 0.717) is 40.8 Å². The molecule has 9 heteroatoms. The van der Waals surface area contributed by atoms with E-state index >= 15 is 0 Å². The second-order valence-corrected chi connectivity index (χ2v) is 11.5. The van der Waals surface area contributed by atoms with Gasteiger partial charge in [0.15, 0.2) is 11.5 Å². The van der Waals surface area contributed by atoms with Gasteiger partial charge in [-0.3, -0.25) is 4.79 Å². The highest BCUT2D eigenvalue weighted by Crippen LogP contribution is 2.44. The molecule has 200 valence electrons. The first kappa shape index (κ1) is 24.2. The van der Waals surface area contributed by atoms with Crippen molar-refractivity contribution in [2.24, 2.45) is 0 Å². The number of benzene rings is 1. The molecule has 0 bridgehead atoms. The quantitative estimate of drug-likeness (QED) is 0.370. The van der Waals surface area contributed by atoms with Gasteiger partial charge in [-0.05, 0) is 92.4 Å². The van der Waals surface area contributed by atoms with Gasteiger partial charge < -0.3 is 15.3 Å². The number of pyridine rings is 1. The maximum atomic E-state index is 13.4. The smallest absolute Gasteiger partial charge is 0.278 e. The van der Waals surface area contributed by atoms with Gasteiger partial charge in [0.25, 0.3) is 5.56 Å². The van der Waals surface area contributed by atoms with Gasteiger partial charge in [-0.25, -0.2) is 19.3 Å². The number of aryl methyl sites for hydroxylation is 1. The van der Waals surface area contributed by atoms with E-state index in [2.05, 4.69) is 41.0 Å². The normalized spacial score (nSPS) is 20.7. The van der Waals surface area contributed by atoms with E-state index in [1.807, 2.05) is 12.1 Å². The molecule has 1 saturated carbocycles. The average molecular weight is 524 g/mol. The lowest BCUT2D eigenvalue weighted by Gasteiger charge is -2.28. The molecule has 1 aromatic carbocycles. The second-order valence-electron chi connectivity index (χ2n) is 11.5. The highest BCUT2D eigenvalue weighted by Gasteiger charge is 2.34. The largest absolute Gasteiger partial charge is 0.384 e. The van der Waals surface area contributed by atoms with E-state index in [1.54, 1.807) is 28.6 Å². The molecule has 0 unspecified atom stereocenters. The third-order valence-corrected chi connectivity index (χ3v) is 8.38. The summed E-state index contributed by atoms with van der Waals surface area (Å²) in [5, 5.41) is 14.7. The van der Waals surface area contributed by atoms with Gasteiger partial charge in [-0.15, -0.1) is 6.58 Å². The van der Waals surface area contributed by atoms with Gasteiger partial charge >= 0.3 is 0 Å². The molecule has 4 aromatic rings. The van der Waals surface area contributed by atoms with Crippen LogP contribution in [-0.4, -0.2) is 47.9 Å². The maximum absolute atomic E-state index is 13.4. The zero-order valence-electron chi connectivity index (χ0n) is 22.4. The zero-order valence-corrected chi connectivity index (χ0v) is 22.4. The monoisotopic (exact) mass is 523 g/mol. The van der Waals surface area contributed by atoms with E-state index in [4.69, 9.17) is 9.97 Å². The van der Waals surface area contributed by atoms with Crippen LogP contribution in [-0.2, 0) is 31.5 Å².